The highest BCUT2D eigenvalue weighted by molar-refractivity contribution is 6.03. The maximum Gasteiger partial charge on any atom is 0.259 e. The first kappa shape index (κ1) is 13.9. The number of aryl methyl sites for hydroxylation is 2. The number of rotatable bonds is 4. The maximum atomic E-state index is 12.3. The second-order valence-corrected chi connectivity index (χ2v) is 5.59. The smallest absolute Gasteiger partial charge is 0.259 e. The van der Waals surface area contributed by atoms with E-state index in [0.717, 1.165) is 30.9 Å². The predicted octanol–water partition coefficient (Wildman–Crippen LogP) is 2.78. The molecule has 1 saturated carbocycles. The van der Waals surface area contributed by atoms with Crippen LogP contribution in [0.15, 0.2) is 18.5 Å². The molecule has 0 aromatic carbocycles. The lowest BCUT2D eigenvalue weighted by molar-refractivity contribution is 0.102. The number of hydrogen-bond donors (Lipinski definition) is 1. The number of hydrogen-bond acceptors (Lipinski definition) is 3. The number of nitrogens with zero attached hydrogens (tertiary/aromatic N) is 4. The molecule has 0 aliphatic heterocycles. The first-order valence-electron chi connectivity index (χ1n) is 7.57. The predicted molar refractivity (Wildman–Crippen MR) is 80.3 cm³/mol. The summed E-state index contributed by atoms with van der Waals surface area (Å²) < 4.78 is 3.72. The number of carbonyl (C=O) groups excluding carboxylic acids is 1. The van der Waals surface area contributed by atoms with E-state index in [1.807, 2.05) is 24.6 Å². The lowest BCUT2D eigenvalue weighted by Crippen LogP contribution is -2.17. The van der Waals surface area contributed by atoms with Gasteiger partial charge in [0, 0.05) is 18.8 Å². The van der Waals surface area contributed by atoms with Gasteiger partial charge in [0.2, 0.25) is 0 Å². The van der Waals surface area contributed by atoms with Crippen LogP contribution in [0.4, 0.5) is 5.82 Å². The number of nitrogens with one attached hydrogen (secondary N) is 1. The van der Waals surface area contributed by atoms with Crippen LogP contribution in [-0.4, -0.2) is 25.5 Å². The Labute approximate surface area is 124 Å². The van der Waals surface area contributed by atoms with Crippen LogP contribution >= 0.6 is 0 Å². The third kappa shape index (κ3) is 2.84. The van der Waals surface area contributed by atoms with E-state index < -0.39 is 0 Å². The van der Waals surface area contributed by atoms with E-state index in [-0.39, 0.29) is 5.91 Å². The highest BCUT2D eigenvalue weighted by Crippen LogP contribution is 2.31. The van der Waals surface area contributed by atoms with Gasteiger partial charge in [0.15, 0.2) is 0 Å². The summed E-state index contributed by atoms with van der Waals surface area (Å²) in [5.74, 6) is 0.655. The highest BCUT2D eigenvalue weighted by Gasteiger charge is 2.22. The Kier molecular flexibility index (Phi) is 3.77. The molecule has 1 amide bonds. The standard InChI is InChI=1S/C15H21N5O/c1-3-19-10-12(9-16-19)15(21)17-14-8-11(2)18-20(14)13-6-4-5-7-13/h8-10,13H,3-7H2,1-2H3,(H,17,21). The second-order valence-electron chi connectivity index (χ2n) is 5.59. The average Bonchev–Trinajstić information content (AvgIpc) is 3.18. The van der Waals surface area contributed by atoms with Crippen molar-refractivity contribution in [2.24, 2.45) is 0 Å². The van der Waals surface area contributed by atoms with Crippen LogP contribution in [0, 0.1) is 6.92 Å². The molecule has 1 fully saturated rings. The van der Waals surface area contributed by atoms with Crippen molar-refractivity contribution in [1.82, 2.24) is 19.6 Å². The highest BCUT2D eigenvalue weighted by atomic mass is 16.1. The SMILES string of the molecule is CCn1cc(C(=O)Nc2cc(C)nn2C2CCCC2)cn1. The first-order valence-corrected chi connectivity index (χ1v) is 7.57. The van der Waals surface area contributed by atoms with E-state index in [4.69, 9.17) is 0 Å². The second kappa shape index (κ2) is 5.71. The van der Waals surface area contributed by atoms with E-state index in [1.165, 1.54) is 12.8 Å². The van der Waals surface area contributed by atoms with Crippen LogP contribution in [0.25, 0.3) is 0 Å². The maximum absolute atomic E-state index is 12.3. The Hall–Kier alpha value is -2.11. The topological polar surface area (TPSA) is 64.7 Å². The summed E-state index contributed by atoms with van der Waals surface area (Å²) in [5.41, 5.74) is 1.51. The van der Waals surface area contributed by atoms with Crippen molar-refractivity contribution in [3.05, 3.63) is 29.7 Å². The van der Waals surface area contributed by atoms with Gasteiger partial charge in [-0.05, 0) is 26.7 Å². The fourth-order valence-corrected chi connectivity index (χ4v) is 2.88. The van der Waals surface area contributed by atoms with Gasteiger partial charge in [0.05, 0.1) is 23.5 Å². The quantitative estimate of drug-likeness (QED) is 0.940. The first-order chi connectivity index (χ1) is 10.2. The van der Waals surface area contributed by atoms with Crippen molar-refractivity contribution in [2.45, 2.75) is 52.1 Å². The van der Waals surface area contributed by atoms with Crippen molar-refractivity contribution >= 4 is 11.7 Å². The van der Waals surface area contributed by atoms with Crippen LogP contribution in [0.5, 0.6) is 0 Å². The van der Waals surface area contributed by atoms with Gasteiger partial charge in [-0.1, -0.05) is 12.8 Å². The molecule has 21 heavy (non-hydrogen) atoms. The summed E-state index contributed by atoms with van der Waals surface area (Å²) in [6.07, 6.45) is 8.11. The molecule has 1 aliphatic rings. The third-order valence-electron chi connectivity index (χ3n) is 3.99. The van der Waals surface area contributed by atoms with Crippen molar-refractivity contribution in [3.63, 3.8) is 0 Å². The molecule has 2 aromatic rings. The van der Waals surface area contributed by atoms with Crippen LogP contribution in [0.1, 0.15) is 54.7 Å². The molecule has 2 aromatic heterocycles. The summed E-state index contributed by atoms with van der Waals surface area (Å²) in [6, 6.07) is 2.34. The Morgan fingerprint density at radius 1 is 1.43 bits per heavy atom. The molecule has 0 bridgehead atoms. The molecule has 112 valence electrons. The van der Waals surface area contributed by atoms with Crippen LogP contribution in [0.2, 0.25) is 0 Å². The van der Waals surface area contributed by atoms with Gasteiger partial charge in [-0.2, -0.15) is 10.2 Å². The average molecular weight is 287 g/mol. The number of carbonyl (C=O) groups is 1. The van der Waals surface area contributed by atoms with Gasteiger partial charge in [0.25, 0.3) is 5.91 Å². The molecule has 2 heterocycles. The fourth-order valence-electron chi connectivity index (χ4n) is 2.88. The minimum atomic E-state index is -0.131. The van der Waals surface area contributed by atoms with Crippen LogP contribution in [0.3, 0.4) is 0 Å². The van der Waals surface area contributed by atoms with Crippen molar-refractivity contribution in [3.8, 4) is 0 Å². The molecule has 0 unspecified atom stereocenters. The Morgan fingerprint density at radius 3 is 2.86 bits per heavy atom. The Bertz CT molecular complexity index is 636. The zero-order valence-electron chi connectivity index (χ0n) is 12.5. The molecule has 6 heteroatoms. The summed E-state index contributed by atoms with van der Waals surface area (Å²) in [6.45, 7) is 4.70. The number of aromatic nitrogens is 4. The van der Waals surface area contributed by atoms with Crippen molar-refractivity contribution in [2.75, 3.05) is 5.32 Å². The summed E-state index contributed by atoms with van der Waals surface area (Å²) in [5, 5.41) is 11.6. The largest absolute Gasteiger partial charge is 0.307 e. The van der Waals surface area contributed by atoms with E-state index in [0.29, 0.717) is 11.6 Å². The molecular formula is C15H21N5O. The fraction of sp³-hybridized carbons (Fsp3) is 0.533. The summed E-state index contributed by atoms with van der Waals surface area (Å²) in [7, 11) is 0. The van der Waals surface area contributed by atoms with E-state index >= 15 is 0 Å². The van der Waals surface area contributed by atoms with E-state index in [2.05, 4.69) is 15.5 Å². The molecule has 1 aliphatic carbocycles. The normalized spacial score (nSPS) is 15.5. The zero-order chi connectivity index (χ0) is 14.8. The summed E-state index contributed by atoms with van der Waals surface area (Å²) in [4.78, 5) is 12.3. The Morgan fingerprint density at radius 2 is 2.19 bits per heavy atom. The molecule has 3 rings (SSSR count). The number of amides is 1. The van der Waals surface area contributed by atoms with Crippen LogP contribution in [-0.2, 0) is 6.54 Å². The molecule has 0 saturated heterocycles. The van der Waals surface area contributed by atoms with Crippen molar-refractivity contribution in [1.29, 1.82) is 0 Å². The van der Waals surface area contributed by atoms with Gasteiger partial charge in [-0.25, -0.2) is 4.68 Å². The lowest BCUT2D eigenvalue weighted by Gasteiger charge is -2.14. The van der Waals surface area contributed by atoms with Gasteiger partial charge >= 0.3 is 0 Å². The van der Waals surface area contributed by atoms with Crippen molar-refractivity contribution < 1.29 is 4.79 Å². The van der Waals surface area contributed by atoms with Gasteiger partial charge < -0.3 is 5.32 Å². The van der Waals surface area contributed by atoms with Gasteiger partial charge in [-0.3, -0.25) is 9.48 Å². The third-order valence-corrected chi connectivity index (χ3v) is 3.99. The minimum Gasteiger partial charge on any atom is -0.307 e. The summed E-state index contributed by atoms with van der Waals surface area (Å²) >= 11 is 0. The number of anilines is 1. The molecule has 0 atom stereocenters. The van der Waals surface area contributed by atoms with Crippen LogP contribution < -0.4 is 5.32 Å². The molecule has 1 N–H and O–H groups in total. The molecule has 0 radical (unpaired) electrons. The van der Waals surface area contributed by atoms with E-state index in [1.54, 1.807) is 17.1 Å². The Balaban J connectivity index is 1.79. The van der Waals surface area contributed by atoms with Gasteiger partial charge in [-0.15, -0.1) is 0 Å². The zero-order valence-corrected chi connectivity index (χ0v) is 12.5. The minimum absolute atomic E-state index is 0.131. The molecule has 6 nitrogen and oxygen atoms in total. The lowest BCUT2D eigenvalue weighted by atomic mass is 10.2. The van der Waals surface area contributed by atoms with Gasteiger partial charge in [0.1, 0.15) is 5.82 Å². The molecule has 0 spiro atoms. The monoisotopic (exact) mass is 287 g/mol. The molecular weight excluding hydrogens is 266 g/mol. The van der Waals surface area contributed by atoms with E-state index in [9.17, 15) is 4.79 Å².